The Morgan fingerprint density at radius 2 is 1.76 bits per heavy atom. The first kappa shape index (κ1) is 20.8. The second kappa shape index (κ2) is 8.34. The molecule has 3 aliphatic heterocycles. The number of carbonyl (C=O) groups is 1. The molecule has 29 heavy (non-hydrogen) atoms. The van der Waals surface area contributed by atoms with Gasteiger partial charge in [-0.25, -0.2) is 12.7 Å². The van der Waals surface area contributed by atoms with Gasteiger partial charge in [-0.2, -0.15) is 0 Å². The Balaban J connectivity index is 1.36. The van der Waals surface area contributed by atoms with E-state index in [9.17, 15) is 13.2 Å². The maximum absolute atomic E-state index is 13.0. The summed E-state index contributed by atoms with van der Waals surface area (Å²) < 4.78 is 32.7. The molecule has 3 fully saturated rings. The van der Waals surface area contributed by atoms with Crippen LogP contribution in [0.5, 0.6) is 0 Å². The van der Waals surface area contributed by atoms with E-state index in [1.165, 1.54) is 0 Å². The van der Waals surface area contributed by atoms with Gasteiger partial charge >= 0.3 is 0 Å². The van der Waals surface area contributed by atoms with Crippen LogP contribution in [-0.4, -0.2) is 87.5 Å². The van der Waals surface area contributed by atoms with Crippen molar-refractivity contribution in [1.29, 1.82) is 0 Å². The molecular weight excluding hydrogens is 390 g/mol. The van der Waals surface area contributed by atoms with Crippen molar-refractivity contribution >= 4 is 15.9 Å². The Morgan fingerprint density at radius 3 is 2.41 bits per heavy atom. The molecule has 8 heteroatoms. The zero-order valence-corrected chi connectivity index (χ0v) is 17.9. The van der Waals surface area contributed by atoms with Crippen LogP contribution in [0, 0.1) is 5.41 Å². The molecule has 0 radical (unpaired) electrons. The molecule has 1 spiro atoms. The van der Waals surface area contributed by atoms with E-state index in [1.807, 2.05) is 42.3 Å². The van der Waals surface area contributed by atoms with Gasteiger partial charge in [0.15, 0.2) is 0 Å². The second-order valence-corrected chi connectivity index (χ2v) is 10.7. The van der Waals surface area contributed by atoms with Crippen LogP contribution >= 0.6 is 0 Å². The normalized spacial score (nSPS) is 26.1. The van der Waals surface area contributed by atoms with Gasteiger partial charge < -0.3 is 9.64 Å². The fourth-order valence-electron chi connectivity index (χ4n) is 5.02. The minimum absolute atomic E-state index is 0.0418. The van der Waals surface area contributed by atoms with Crippen LogP contribution in [0.25, 0.3) is 0 Å². The van der Waals surface area contributed by atoms with Gasteiger partial charge in [-0.15, -0.1) is 0 Å². The smallest absolute Gasteiger partial charge is 0.240 e. The van der Waals surface area contributed by atoms with Crippen molar-refractivity contribution in [2.45, 2.75) is 31.1 Å². The Labute approximate surface area is 173 Å². The average molecular weight is 422 g/mol. The van der Waals surface area contributed by atoms with E-state index in [1.54, 1.807) is 4.31 Å². The lowest BCUT2D eigenvalue weighted by Crippen LogP contribution is -2.48. The van der Waals surface area contributed by atoms with Crippen LogP contribution in [-0.2, 0) is 25.3 Å². The summed E-state index contributed by atoms with van der Waals surface area (Å²) in [6, 6.07) is 9.26. The van der Waals surface area contributed by atoms with Crippen LogP contribution in [0.2, 0.25) is 0 Å². The number of rotatable bonds is 4. The molecule has 0 bridgehead atoms. The Morgan fingerprint density at radius 1 is 1.10 bits per heavy atom. The molecule has 160 valence electrons. The minimum Gasteiger partial charge on any atom is -0.378 e. The molecule has 0 aromatic heterocycles. The summed E-state index contributed by atoms with van der Waals surface area (Å²) in [4.78, 5) is 17.1. The summed E-state index contributed by atoms with van der Waals surface area (Å²) >= 11 is 0. The summed E-state index contributed by atoms with van der Waals surface area (Å²) in [5.74, 6) is 0.255. The van der Waals surface area contributed by atoms with Crippen LogP contribution in [0.4, 0.5) is 0 Å². The summed E-state index contributed by atoms with van der Waals surface area (Å²) in [6.07, 6.45) is 2.46. The summed E-state index contributed by atoms with van der Waals surface area (Å²) in [7, 11) is -1.29. The molecule has 4 rings (SSSR count). The van der Waals surface area contributed by atoms with Crippen LogP contribution in [0.1, 0.15) is 24.8 Å². The molecule has 3 aliphatic rings. The minimum atomic E-state index is -3.31. The Kier molecular flexibility index (Phi) is 5.97. The molecule has 3 saturated heterocycles. The van der Waals surface area contributed by atoms with E-state index < -0.39 is 10.0 Å². The van der Waals surface area contributed by atoms with E-state index in [0.717, 1.165) is 31.4 Å². The number of hydrogen-bond acceptors (Lipinski definition) is 5. The number of piperidine rings is 1. The van der Waals surface area contributed by atoms with Gasteiger partial charge in [0.25, 0.3) is 0 Å². The third kappa shape index (κ3) is 4.50. The first-order valence-corrected chi connectivity index (χ1v) is 12.1. The van der Waals surface area contributed by atoms with Crippen molar-refractivity contribution in [2.75, 3.05) is 53.0 Å². The number of benzene rings is 1. The third-order valence-corrected chi connectivity index (χ3v) is 8.57. The Bertz CT molecular complexity index is 816. The van der Waals surface area contributed by atoms with E-state index in [0.29, 0.717) is 39.4 Å². The molecule has 1 amide bonds. The number of amides is 1. The summed E-state index contributed by atoms with van der Waals surface area (Å²) in [5.41, 5.74) is 0.865. The number of morpholine rings is 1. The van der Waals surface area contributed by atoms with Crippen molar-refractivity contribution in [3.8, 4) is 0 Å². The van der Waals surface area contributed by atoms with Crippen LogP contribution in [0.3, 0.4) is 0 Å². The topological polar surface area (TPSA) is 70.2 Å². The number of carbonyl (C=O) groups excluding carboxylic acids is 1. The summed E-state index contributed by atoms with van der Waals surface area (Å²) in [5, 5.41) is 0. The first-order chi connectivity index (χ1) is 13.9. The first-order valence-electron chi connectivity index (χ1n) is 10.5. The van der Waals surface area contributed by atoms with E-state index in [-0.39, 0.29) is 23.1 Å². The van der Waals surface area contributed by atoms with Crippen LogP contribution < -0.4 is 0 Å². The number of sulfonamides is 1. The summed E-state index contributed by atoms with van der Waals surface area (Å²) in [6.45, 7) is 4.51. The fourth-order valence-corrected chi connectivity index (χ4v) is 6.55. The zero-order valence-electron chi connectivity index (χ0n) is 17.1. The highest BCUT2D eigenvalue weighted by atomic mass is 32.2. The highest BCUT2D eigenvalue weighted by Gasteiger charge is 2.48. The molecule has 1 atom stereocenters. The SMILES string of the molecule is CN1CC2(CCN(S(=O)(=O)Cc3ccccc3)CC2)CC1C(=O)N1CCOCC1. The Hall–Kier alpha value is -1.48. The van der Waals surface area contributed by atoms with Gasteiger partial charge in [0.2, 0.25) is 15.9 Å². The fraction of sp³-hybridized carbons (Fsp3) is 0.667. The zero-order chi connectivity index (χ0) is 20.5. The number of likely N-dealkylation sites (tertiary alicyclic amines) is 1. The second-order valence-electron chi connectivity index (χ2n) is 8.71. The highest BCUT2D eigenvalue weighted by molar-refractivity contribution is 7.88. The molecule has 1 aromatic carbocycles. The highest BCUT2D eigenvalue weighted by Crippen LogP contribution is 2.43. The maximum atomic E-state index is 13.0. The maximum Gasteiger partial charge on any atom is 0.240 e. The van der Waals surface area contributed by atoms with Gasteiger partial charge in [0.05, 0.1) is 25.0 Å². The van der Waals surface area contributed by atoms with Crippen LogP contribution in [0.15, 0.2) is 30.3 Å². The largest absolute Gasteiger partial charge is 0.378 e. The lowest BCUT2D eigenvalue weighted by atomic mass is 9.77. The van der Waals surface area contributed by atoms with E-state index >= 15 is 0 Å². The van der Waals surface area contributed by atoms with E-state index in [4.69, 9.17) is 4.74 Å². The number of ether oxygens (including phenoxy) is 1. The monoisotopic (exact) mass is 421 g/mol. The van der Waals surface area contributed by atoms with Crippen molar-refractivity contribution in [1.82, 2.24) is 14.1 Å². The molecule has 1 unspecified atom stereocenters. The quantitative estimate of drug-likeness (QED) is 0.730. The number of likely N-dealkylation sites (N-methyl/N-ethyl adjacent to an activating group) is 1. The van der Waals surface area contributed by atoms with Gasteiger partial charge in [-0.05, 0) is 37.3 Å². The van der Waals surface area contributed by atoms with Crippen molar-refractivity contribution in [3.05, 3.63) is 35.9 Å². The molecule has 7 nitrogen and oxygen atoms in total. The predicted molar refractivity (Wildman–Crippen MR) is 111 cm³/mol. The molecule has 0 saturated carbocycles. The number of nitrogens with zero attached hydrogens (tertiary/aromatic N) is 3. The van der Waals surface area contributed by atoms with Crippen molar-refractivity contribution in [3.63, 3.8) is 0 Å². The lowest BCUT2D eigenvalue weighted by molar-refractivity contribution is -0.139. The van der Waals surface area contributed by atoms with Gasteiger partial charge in [0, 0.05) is 32.7 Å². The molecule has 0 N–H and O–H groups in total. The number of hydrogen-bond donors (Lipinski definition) is 0. The van der Waals surface area contributed by atoms with Crippen molar-refractivity contribution < 1.29 is 17.9 Å². The molecular formula is C21H31N3O4S. The average Bonchev–Trinajstić information content (AvgIpc) is 3.04. The third-order valence-electron chi connectivity index (χ3n) is 6.72. The predicted octanol–water partition coefficient (Wildman–Crippen LogP) is 1.16. The van der Waals surface area contributed by atoms with E-state index in [2.05, 4.69) is 4.90 Å². The van der Waals surface area contributed by atoms with Crippen molar-refractivity contribution in [2.24, 2.45) is 5.41 Å². The lowest BCUT2D eigenvalue weighted by Gasteiger charge is -2.38. The van der Waals surface area contributed by atoms with Gasteiger partial charge in [-0.3, -0.25) is 9.69 Å². The van der Waals surface area contributed by atoms with Gasteiger partial charge in [0.1, 0.15) is 0 Å². The standard InChI is InChI=1S/C21H31N3O4S/c1-22-17-21(15-19(22)20(25)23-11-13-28-14-12-23)7-9-24(10-8-21)29(26,27)16-18-5-3-2-4-6-18/h2-6,19H,7-17H2,1H3. The molecule has 3 heterocycles. The molecule has 1 aromatic rings. The van der Waals surface area contributed by atoms with Gasteiger partial charge in [-0.1, -0.05) is 30.3 Å². The molecule has 0 aliphatic carbocycles.